The van der Waals surface area contributed by atoms with Crippen molar-refractivity contribution in [2.75, 3.05) is 5.32 Å². The van der Waals surface area contributed by atoms with Crippen LogP contribution in [0.15, 0.2) is 18.5 Å². The van der Waals surface area contributed by atoms with Crippen LogP contribution in [0.25, 0.3) is 11.0 Å². The monoisotopic (exact) mass is 308 g/mol. The Kier molecular flexibility index (Phi) is 2.61. The highest BCUT2D eigenvalue weighted by Gasteiger charge is 2.54. The average molecular weight is 308 g/mol. The van der Waals surface area contributed by atoms with Crippen LogP contribution in [0, 0.1) is 29.1 Å². The number of nitrogens with one attached hydrogen (secondary N) is 2. The molecule has 118 valence electrons. The fourth-order valence-electron chi connectivity index (χ4n) is 5.63. The van der Waals surface area contributed by atoms with Crippen molar-refractivity contribution in [1.29, 1.82) is 5.26 Å². The van der Waals surface area contributed by atoms with Gasteiger partial charge in [0.25, 0.3) is 0 Å². The maximum Gasteiger partial charge on any atom is 0.139 e. The normalized spacial score (nSPS) is 37.9. The molecule has 2 heterocycles. The van der Waals surface area contributed by atoms with Gasteiger partial charge in [-0.1, -0.05) is 0 Å². The minimum absolute atomic E-state index is 0.361. The predicted molar refractivity (Wildman–Crippen MR) is 86.7 cm³/mol. The molecular weight excluding hydrogens is 288 g/mol. The third-order valence-corrected chi connectivity index (χ3v) is 6.26. The van der Waals surface area contributed by atoms with E-state index in [0.717, 1.165) is 36.0 Å². The second kappa shape index (κ2) is 4.48. The van der Waals surface area contributed by atoms with Gasteiger partial charge in [0.05, 0.1) is 16.9 Å². The van der Waals surface area contributed by atoms with Gasteiger partial charge >= 0.3 is 0 Å². The predicted octanol–water partition coefficient (Wildman–Crippen LogP) is 2.79. The third kappa shape index (κ3) is 1.91. The number of pyridine rings is 1. The zero-order valence-corrected chi connectivity index (χ0v) is 12.9. The molecule has 6 rings (SSSR count). The first kappa shape index (κ1) is 13.4. The SMILES string of the molecule is N#Cc1cnc2[nH]ccc2c1N[C@H]1C2CC3CC1C[C@@](O)(C3)C2. The number of nitrogens with zero attached hydrogens (tertiary/aromatic N) is 2. The number of fused-ring (bicyclic) bond motifs is 1. The Bertz CT molecular complexity index is 804. The molecule has 5 heteroatoms. The molecular formula is C18H20N4O. The molecule has 0 aromatic carbocycles. The average Bonchev–Trinajstić information content (AvgIpc) is 2.98. The van der Waals surface area contributed by atoms with Crippen molar-refractivity contribution in [3.05, 3.63) is 24.0 Å². The smallest absolute Gasteiger partial charge is 0.139 e. The quantitative estimate of drug-likeness (QED) is 0.796. The van der Waals surface area contributed by atoms with E-state index >= 15 is 0 Å². The van der Waals surface area contributed by atoms with Gasteiger partial charge in [-0.05, 0) is 55.9 Å². The molecule has 2 atom stereocenters. The Morgan fingerprint density at radius 3 is 2.78 bits per heavy atom. The van der Waals surface area contributed by atoms with Crippen LogP contribution in [0.3, 0.4) is 0 Å². The lowest BCUT2D eigenvalue weighted by molar-refractivity contribution is -0.129. The summed E-state index contributed by atoms with van der Waals surface area (Å²) < 4.78 is 0. The number of aromatic nitrogens is 2. The summed E-state index contributed by atoms with van der Waals surface area (Å²) in [7, 11) is 0. The van der Waals surface area contributed by atoms with E-state index in [4.69, 9.17) is 0 Å². The first-order valence-electron chi connectivity index (χ1n) is 8.50. The molecule has 4 fully saturated rings. The van der Waals surface area contributed by atoms with Crippen molar-refractivity contribution in [2.24, 2.45) is 17.8 Å². The minimum Gasteiger partial charge on any atom is -0.390 e. The van der Waals surface area contributed by atoms with Crippen LogP contribution in [-0.4, -0.2) is 26.7 Å². The number of H-pyrrole nitrogens is 1. The van der Waals surface area contributed by atoms with Crippen LogP contribution in [0.5, 0.6) is 0 Å². The largest absolute Gasteiger partial charge is 0.390 e. The zero-order valence-electron chi connectivity index (χ0n) is 12.9. The van der Waals surface area contributed by atoms with Gasteiger partial charge in [-0.3, -0.25) is 0 Å². The summed E-state index contributed by atoms with van der Waals surface area (Å²) in [5.41, 5.74) is 1.90. The second-order valence-corrected chi connectivity index (χ2v) is 7.76. The molecule has 4 saturated carbocycles. The number of hydrogen-bond acceptors (Lipinski definition) is 4. The van der Waals surface area contributed by atoms with Crippen LogP contribution in [-0.2, 0) is 0 Å². The minimum atomic E-state index is -0.422. The van der Waals surface area contributed by atoms with Gasteiger partial charge in [-0.15, -0.1) is 0 Å². The van der Waals surface area contributed by atoms with E-state index in [1.54, 1.807) is 6.20 Å². The van der Waals surface area contributed by atoms with Crippen molar-refractivity contribution in [3.8, 4) is 6.07 Å². The summed E-state index contributed by atoms with van der Waals surface area (Å²) in [4.78, 5) is 7.43. The van der Waals surface area contributed by atoms with Crippen LogP contribution in [0.4, 0.5) is 5.69 Å². The summed E-state index contributed by atoms with van der Waals surface area (Å²) in [6, 6.07) is 4.61. The lowest BCUT2D eigenvalue weighted by Crippen LogP contribution is -2.59. The Balaban J connectivity index is 1.53. The molecule has 4 aliphatic carbocycles. The zero-order chi connectivity index (χ0) is 15.6. The molecule has 0 saturated heterocycles. The van der Waals surface area contributed by atoms with E-state index in [-0.39, 0.29) is 0 Å². The van der Waals surface area contributed by atoms with E-state index in [1.807, 2.05) is 12.3 Å². The standard InChI is InChI=1S/C18H20N4O/c19-8-13-9-21-17-14(1-2-20-17)16(13)22-15-11-3-10-4-12(15)7-18(23,5-10)6-11/h1-2,9-12,15,23H,3-7H2,(H2,20,21,22)/t10?,11?,12?,15-,18+. The fourth-order valence-corrected chi connectivity index (χ4v) is 5.63. The first-order valence-corrected chi connectivity index (χ1v) is 8.50. The molecule has 2 aromatic heterocycles. The van der Waals surface area contributed by atoms with Crippen LogP contribution in [0.1, 0.15) is 37.7 Å². The summed E-state index contributed by atoms with van der Waals surface area (Å²) in [5, 5.41) is 24.9. The highest BCUT2D eigenvalue weighted by Crippen LogP contribution is 2.56. The highest BCUT2D eigenvalue weighted by atomic mass is 16.3. The molecule has 3 N–H and O–H groups in total. The van der Waals surface area contributed by atoms with Crippen molar-refractivity contribution in [2.45, 2.75) is 43.7 Å². The Morgan fingerprint density at radius 1 is 1.30 bits per heavy atom. The fraction of sp³-hybridized carbons (Fsp3) is 0.556. The van der Waals surface area contributed by atoms with Gasteiger partial charge in [-0.2, -0.15) is 5.26 Å². The third-order valence-electron chi connectivity index (χ3n) is 6.26. The van der Waals surface area contributed by atoms with E-state index in [2.05, 4.69) is 21.4 Å². The topological polar surface area (TPSA) is 84.7 Å². The number of anilines is 1. The molecule has 2 unspecified atom stereocenters. The molecule has 2 aromatic rings. The first-order chi connectivity index (χ1) is 11.1. The maximum absolute atomic E-state index is 10.7. The number of hydrogen-bond donors (Lipinski definition) is 3. The molecule has 4 aliphatic rings. The van der Waals surface area contributed by atoms with Crippen molar-refractivity contribution in [3.63, 3.8) is 0 Å². The summed E-state index contributed by atoms with van der Waals surface area (Å²) in [6.07, 6.45) is 8.73. The molecule has 0 spiro atoms. The van der Waals surface area contributed by atoms with E-state index in [1.165, 1.54) is 12.8 Å². The van der Waals surface area contributed by atoms with Crippen molar-refractivity contribution >= 4 is 16.7 Å². The van der Waals surface area contributed by atoms with Crippen molar-refractivity contribution in [1.82, 2.24) is 9.97 Å². The second-order valence-electron chi connectivity index (χ2n) is 7.76. The molecule has 0 aliphatic heterocycles. The summed E-state index contributed by atoms with van der Waals surface area (Å²) in [6.45, 7) is 0. The van der Waals surface area contributed by atoms with Crippen LogP contribution < -0.4 is 5.32 Å². The Morgan fingerprint density at radius 2 is 2.09 bits per heavy atom. The van der Waals surface area contributed by atoms with Gasteiger partial charge in [0.1, 0.15) is 11.7 Å². The van der Waals surface area contributed by atoms with Gasteiger partial charge in [0.2, 0.25) is 0 Å². The van der Waals surface area contributed by atoms with E-state index in [0.29, 0.717) is 29.4 Å². The maximum atomic E-state index is 10.7. The van der Waals surface area contributed by atoms with Gasteiger partial charge in [0.15, 0.2) is 0 Å². The van der Waals surface area contributed by atoms with E-state index < -0.39 is 5.60 Å². The number of aromatic amines is 1. The van der Waals surface area contributed by atoms with Gasteiger partial charge in [-0.25, -0.2) is 4.98 Å². The molecule has 0 amide bonds. The number of nitriles is 1. The van der Waals surface area contributed by atoms with Crippen LogP contribution in [0.2, 0.25) is 0 Å². The van der Waals surface area contributed by atoms with Crippen LogP contribution >= 0.6 is 0 Å². The van der Waals surface area contributed by atoms with Gasteiger partial charge < -0.3 is 15.4 Å². The number of aliphatic hydroxyl groups is 1. The number of rotatable bonds is 2. The summed E-state index contributed by atoms with van der Waals surface area (Å²) >= 11 is 0. The van der Waals surface area contributed by atoms with Crippen molar-refractivity contribution < 1.29 is 5.11 Å². The molecule has 23 heavy (non-hydrogen) atoms. The lowest BCUT2D eigenvalue weighted by Gasteiger charge is -2.58. The lowest BCUT2D eigenvalue weighted by atomic mass is 9.52. The molecule has 0 radical (unpaired) electrons. The van der Waals surface area contributed by atoms with Gasteiger partial charge in [0, 0.05) is 23.8 Å². The summed E-state index contributed by atoms with van der Waals surface area (Å²) in [5.74, 6) is 1.72. The Hall–Kier alpha value is -2.06. The molecule has 4 bridgehead atoms. The molecule has 5 nitrogen and oxygen atoms in total. The Labute approximate surface area is 134 Å². The van der Waals surface area contributed by atoms with E-state index in [9.17, 15) is 10.4 Å². The highest BCUT2D eigenvalue weighted by molar-refractivity contribution is 5.92.